The molecule has 4 rings (SSSR count). The van der Waals surface area contributed by atoms with Gasteiger partial charge in [0.05, 0.1) is 6.61 Å². The lowest BCUT2D eigenvalue weighted by Crippen LogP contribution is -2.57. The average Bonchev–Trinajstić information content (AvgIpc) is 3.65. The number of benzene rings is 1. The van der Waals surface area contributed by atoms with Crippen LogP contribution in [0.3, 0.4) is 0 Å². The second kappa shape index (κ2) is 9.21. The normalized spacial score (nSPS) is 15.3. The Balaban J connectivity index is 1.68. The number of aromatic hydroxyl groups is 1. The summed E-state index contributed by atoms with van der Waals surface area (Å²) in [5, 5.41) is 14.1. The summed E-state index contributed by atoms with van der Waals surface area (Å²) in [5.74, 6) is -4.89. The zero-order chi connectivity index (χ0) is 24.6. The lowest BCUT2D eigenvalue weighted by atomic mass is 10.1. The zero-order valence-electron chi connectivity index (χ0n) is 18.2. The van der Waals surface area contributed by atoms with Crippen molar-refractivity contribution in [2.24, 2.45) is 5.92 Å². The predicted octanol–water partition coefficient (Wildman–Crippen LogP) is 0.696. The molecule has 0 bridgehead atoms. The molecule has 0 spiro atoms. The van der Waals surface area contributed by atoms with E-state index in [0.717, 1.165) is 23.0 Å². The maximum absolute atomic E-state index is 13.9. The number of carbonyl (C=O) groups is 3. The van der Waals surface area contributed by atoms with E-state index in [4.69, 9.17) is 4.74 Å². The number of halogens is 2. The molecule has 2 aliphatic rings. The van der Waals surface area contributed by atoms with E-state index in [1.165, 1.54) is 17.0 Å². The molecule has 1 aromatic carbocycles. The van der Waals surface area contributed by atoms with E-state index in [9.17, 15) is 33.1 Å². The molecular weight excluding hydrogens is 454 g/mol. The molecule has 0 saturated heterocycles. The molecule has 1 aliphatic carbocycles. The van der Waals surface area contributed by atoms with Crippen LogP contribution in [0.4, 0.5) is 8.78 Å². The molecule has 10 nitrogen and oxygen atoms in total. The van der Waals surface area contributed by atoms with Gasteiger partial charge in [-0.2, -0.15) is 0 Å². The Morgan fingerprint density at radius 1 is 1.24 bits per heavy atom. The molecule has 1 aliphatic heterocycles. The monoisotopic (exact) mass is 476 g/mol. The van der Waals surface area contributed by atoms with Crippen molar-refractivity contribution in [1.82, 2.24) is 14.9 Å². The average molecular weight is 476 g/mol. The van der Waals surface area contributed by atoms with Gasteiger partial charge in [-0.15, -0.1) is 0 Å². The molecule has 34 heavy (non-hydrogen) atoms. The van der Waals surface area contributed by atoms with Crippen LogP contribution in [0.5, 0.6) is 5.75 Å². The Labute approximate surface area is 192 Å². The number of pyridine rings is 1. The topological polar surface area (TPSA) is 121 Å². The van der Waals surface area contributed by atoms with E-state index in [1.807, 2.05) is 0 Å². The largest absolute Gasteiger partial charge is 0.502 e. The van der Waals surface area contributed by atoms with Crippen molar-refractivity contribution in [3.63, 3.8) is 0 Å². The van der Waals surface area contributed by atoms with Gasteiger partial charge in [-0.3, -0.25) is 19.2 Å². The van der Waals surface area contributed by atoms with Crippen LogP contribution in [-0.2, 0) is 16.1 Å². The smallest absolute Gasteiger partial charge is 0.278 e. The first-order valence-electron chi connectivity index (χ1n) is 10.5. The summed E-state index contributed by atoms with van der Waals surface area (Å²) >= 11 is 0. The number of hydrogen-bond acceptors (Lipinski definition) is 6. The number of methoxy groups -OCH3 is 1. The molecule has 1 fully saturated rings. The van der Waals surface area contributed by atoms with Gasteiger partial charge in [0.1, 0.15) is 23.9 Å². The molecule has 0 unspecified atom stereocenters. The van der Waals surface area contributed by atoms with Crippen molar-refractivity contribution in [3.8, 4) is 5.75 Å². The van der Waals surface area contributed by atoms with Crippen LogP contribution in [0.25, 0.3) is 0 Å². The number of hydrogen-bond donors (Lipinski definition) is 2. The quantitative estimate of drug-likeness (QED) is 0.607. The summed E-state index contributed by atoms with van der Waals surface area (Å²) in [4.78, 5) is 52.6. The highest BCUT2D eigenvalue weighted by Crippen LogP contribution is 2.32. The minimum absolute atomic E-state index is 0.0217. The van der Waals surface area contributed by atoms with E-state index in [1.54, 1.807) is 0 Å². The third kappa shape index (κ3) is 4.36. The Morgan fingerprint density at radius 2 is 1.97 bits per heavy atom. The Hall–Kier alpha value is -3.80. The van der Waals surface area contributed by atoms with Gasteiger partial charge in [0.15, 0.2) is 11.4 Å². The number of carbonyl (C=O) groups excluding carboxylic acids is 3. The number of rotatable bonds is 7. The SMILES string of the molecule is COCCN1CN(C(=O)C2CC2)n2cc(C(=O)NCc3ccc(F)cc3F)c(=O)c(O)c2C1=O. The highest BCUT2D eigenvalue weighted by molar-refractivity contribution is 6.01. The van der Waals surface area contributed by atoms with Crippen molar-refractivity contribution in [1.29, 1.82) is 0 Å². The summed E-state index contributed by atoms with van der Waals surface area (Å²) in [7, 11) is 1.44. The standard InChI is InChI=1S/C22H22F2N4O6/c1-34-7-6-26-11-28(21(32)12-2-3-12)27-10-15(18(29)19(30)17(27)22(26)33)20(31)25-9-13-4-5-14(23)8-16(13)24/h4-5,8,10,12,30H,2-3,6-7,9,11H2,1H3,(H,25,31). The lowest BCUT2D eigenvalue weighted by molar-refractivity contribution is -0.122. The Bertz CT molecular complexity index is 1230. The van der Waals surface area contributed by atoms with Gasteiger partial charge in [-0.05, 0) is 18.9 Å². The number of fused-ring (bicyclic) bond motifs is 1. The Kier molecular flexibility index (Phi) is 6.33. The van der Waals surface area contributed by atoms with Gasteiger partial charge < -0.3 is 20.1 Å². The third-order valence-corrected chi connectivity index (χ3v) is 5.66. The molecule has 2 aromatic rings. The molecule has 2 heterocycles. The van der Waals surface area contributed by atoms with E-state index in [-0.39, 0.29) is 43.8 Å². The van der Waals surface area contributed by atoms with Crippen molar-refractivity contribution in [2.75, 3.05) is 31.9 Å². The van der Waals surface area contributed by atoms with E-state index in [0.29, 0.717) is 18.9 Å². The van der Waals surface area contributed by atoms with Gasteiger partial charge in [0.25, 0.3) is 11.8 Å². The summed E-state index contributed by atoms with van der Waals surface area (Å²) in [6.45, 7) is -0.235. The maximum atomic E-state index is 13.9. The van der Waals surface area contributed by atoms with E-state index in [2.05, 4.69) is 5.32 Å². The van der Waals surface area contributed by atoms with Crippen molar-refractivity contribution in [2.45, 2.75) is 19.4 Å². The fourth-order valence-electron chi connectivity index (χ4n) is 3.61. The second-order valence-electron chi connectivity index (χ2n) is 8.05. The highest BCUT2D eigenvalue weighted by atomic mass is 19.1. The number of nitrogens with one attached hydrogen (secondary N) is 1. The minimum atomic E-state index is -1.12. The van der Waals surface area contributed by atoms with Crippen molar-refractivity contribution < 1.29 is 33.0 Å². The van der Waals surface area contributed by atoms with E-state index < -0.39 is 45.9 Å². The van der Waals surface area contributed by atoms with Crippen LogP contribution >= 0.6 is 0 Å². The van der Waals surface area contributed by atoms with Crippen LogP contribution in [-0.4, -0.2) is 59.3 Å². The fraction of sp³-hybridized carbons (Fsp3) is 0.364. The molecule has 0 atom stereocenters. The molecule has 0 radical (unpaired) electrons. The Morgan fingerprint density at radius 3 is 2.62 bits per heavy atom. The summed E-state index contributed by atoms with van der Waals surface area (Å²) in [6.07, 6.45) is 2.35. The minimum Gasteiger partial charge on any atom is -0.502 e. The fourth-order valence-corrected chi connectivity index (χ4v) is 3.61. The van der Waals surface area contributed by atoms with Gasteiger partial charge in [-0.1, -0.05) is 6.07 Å². The van der Waals surface area contributed by atoms with Gasteiger partial charge in [0, 0.05) is 43.9 Å². The van der Waals surface area contributed by atoms with Crippen LogP contribution < -0.4 is 15.8 Å². The molecule has 1 aromatic heterocycles. The summed E-state index contributed by atoms with van der Waals surface area (Å²) < 4.78 is 33.0. The van der Waals surface area contributed by atoms with Crippen LogP contribution in [0, 0.1) is 17.6 Å². The van der Waals surface area contributed by atoms with Gasteiger partial charge >= 0.3 is 0 Å². The van der Waals surface area contributed by atoms with Gasteiger partial charge in [-0.25, -0.2) is 18.5 Å². The number of aromatic nitrogens is 1. The van der Waals surface area contributed by atoms with Crippen LogP contribution in [0.1, 0.15) is 39.3 Å². The molecule has 3 amide bonds. The first kappa shape index (κ1) is 23.4. The predicted molar refractivity (Wildman–Crippen MR) is 114 cm³/mol. The van der Waals surface area contributed by atoms with Gasteiger partial charge in [0.2, 0.25) is 11.3 Å². The molecule has 180 valence electrons. The first-order chi connectivity index (χ1) is 16.2. The highest BCUT2D eigenvalue weighted by Gasteiger charge is 2.41. The van der Waals surface area contributed by atoms with E-state index >= 15 is 0 Å². The first-order valence-corrected chi connectivity index (χ1v) is 10.5. The zero-order valence-corrected chi connectivity index (χ0v) is 18.2. The third-order valence-electron chi connectivity index (χ3n) is 5.66. The molecule has 1 saturated carbocycles. The van der Waals surface area contributed by atoms with Crippen LogP contribution in [0.15, 0.2) is 29.2 Å². The molecular formula is C22H22F2N4O6. The lowest BCUT2D eigenvalue weighted by Gasteiger charge is -2.38. The number of ether oxygens (including phenoxy) is 1. The molecule has 12 heteroatoms. The molecule has 2 N–H and O–H groups in total. The number of amides is 3. The van der Waals surface area contributed by atoms with Crippen molar-refractivity contribution in [3.05, 3.63) is 63.1 Å². The van der Waals surface area contributed by atoms with Crippen molar-refractivity contribution >= 4 is 17.7 Å². The number of nitrogens with zero attached hydrogens (tertiary/aromatic N) is 3. The second-order valence-corrected chi connectivity index (χ2v) is 8.05. The summed E-state index contributed by atoms with van der Waals surface area (Å²) in [5.41, 5.74) is -2.13. The summed E-state index contributed by atoms with van der Waals surface area (Å²) in [6, 6.07) is 2.82. The van der Waals surface area contributed by atoms with Crippen LogP contribution in [0.2, 0.25) is 0 Å². The maximum Gasteiger partial charge on any atom is 0.278 e.